The number of nitrogens with one attached hydrogen (secondary N) is 1. The zero-order valence-corrected chi connectivity index (χ0v) is 21.7. The van der Waals surface area contributed by atoms with Crippen molar-refractivity contribution in [2.24, 2.45) is 0 Å². The highest BCUT2D eigenvalue weighted by molar-refractivity contribution is 6.30. The first-order chi connectivity index (χ1) is 17.5. The molecule has 1 atom stereocenters. The number of piperazine rings is 1. The summed E-state index contributed by atoms with van der Waals surface area (Å²) in [6.45, 7) is 5.63. The molecule has 2 aromatic carbocycles. The molecule has 0 aromatic heterocycles. The van der Waals surface area contributed by atoms with Crippen LogP contribution in [0.1, 0.15) is 47.2 Å². The summed E-state index contributed by atoms with van der Waals surface area (Å²) in [5, 5.41) is 3.40. The second kappa shape index (κ2) is 12.4. The highest BCUT2D eigenvalue weighted by Gasteiger charge is 2.36. The summed E-state index contributed by atoms with van der Waals surface area (Å²) in [5.41, 5.74) is 4.12. The van der Waals surface area contributed by atoms with Gasteiger partial charge < -0.3 is 19.9 Å². The largest absolute Gasteiger partial charge is 0.369 e. The van der Waals surface area contributed by atoms with Crippen molar-refractivity contribution in [2.45, 2.75) is 44.7 Å². The van der Waals surface area contributed by atoms with E-state index in [9.17, 15) is 14.4 Å². The van der Waals surface area contributed by atoms with Crippen LogP contribution in [0.25, 0.3) is 0 Å². The standard InChI is InChI=1S/C28H35ClN4O3/c1-30-27(35)26(9-5-19-34)33-20-25-21(7-4-8-24(25)28(33)36)6-2-3-14-31-15-17-32(18-16-31)23-12-10-22(29)11-13-23/h4,7-8,10-13,19,26H,2-3,5-6,9,14-18,20H2,1H3,(H,30,35). The van der Waals surface area contributed by atoms with Crippen LogP contribution in [0, 0.1) is 0 Å². The molecule has 2 aliphatic rings. The second-order valence-corrected chi connectivity index (χ2v) is 9.95. The highest BCUT2D eigenvalue weighted by Crippen LogP contribution is 2.30. The molecule has 7 nitrogen and oxygen atoms in total. The van der Waals surface area contributed by atoms with Gasteiger partial charge in [0.1, 0.15) is 12.3 Å². The second-order valence-electron chi connectivity index (χ2n) is 9.51. The van der Waals surface area contributed by atoms with E-state index in [0.717, 1.165) is 68.9 Å². The molecule has 2 amide bonds. The van der Waals surface area contributed by atoms with Gasteiger partial charge in [-0.25, -0.2) is 0 Å². The molecule has 36 heavy (non-hydrogen) atoms. The molecule has 4 rings (SSSR count). The Morgan fingerprint density at radius 2 is 1.83 bits per heavy atom. The molecule has 2 aromatic rings. The fraction of sp³-hybridized carbons (Fsp3) is 0.464. The molecular formula is C28H35ClN4O3. The van der Waals surface area contributed by atoms with E-state index in [1.165, 1.54) is 11.3 Å². The van der Waals surface area contributed by atoms with Gasteiger partial charge >= 0.3 is 0 Å². The van der Waals surface area contributed by atoms with E-state index in [1.807, 2.05) is 24.3 Å². The quantitative estimate of drug-likeness (QED) is 0.370. The summed E-state index contributed by atoms with van der Waals surface area (Å²) in [5.74, 6) is -0.347. The van der Waals surface area contributed by atoms with Crippen LogP contribution in [0.5, 0.6) is 0 Å². The Morgan fingerprint density at radius 3 is 2.53 bits per heavy atom. The average molecular weight is 511 g/mol. The Morgan fingerprint density at radius 1 is 1.08 bits per heavy atom. The van der Waals surface area contributed by atoms with E-state index in [2.05, 4.69) is 33.3 Å². The van der Waals surface area contributed by atoms with E-state index < -0.39 is 6.04 Å². The number of aldehydes is 1. The van der Waals surface area contributed by atoms with Crippen LogP contribution in [0.3, 0.4) is 0 Å². The summed E-state index contributed by atoms with van der Waals surface area (Å²) in [7, 11) is 1.56. The monoisotopic (exact) mass is 510 g/mol. The fourth-order valence-corrected chi connectivity index (χ4v) is 5.38. The molecule has 0 bridgehead atoms. The van der Waals surface area contributed by atoms with Crippen molar-refractivity contribution in [3.63, 3.8) is 0 Å². The number of amides is 2. The zero-order valence-electron chi connectivity index (χ0n) is 20.9. The van der Waals surface area contributed by atoms with Gasteiger partial charge in [0, 0.05) is 62.5 Å². The molecule has 0 aliphatic carbocycles. The summed E-state index contributed by atoms with van der Waals surface area (Å²) in [4.78, 5) is 43.0. The van der Waals surface area contributed by atoms with Gasteiger partial charge in [-0.3, -0.25) is 14.5 Å². The minimum Gasteiger partial charge on any atom is -0.369 e. The number of rotatable bonds is 11. The number of halogens is 1. The van der Waals surface area contributed by atoms with Gasteiger partial charge in [-0.1, -0.05) is 23.7 Å². The van der Waals surface area contributed by atoms with Crippen LogP contribution in [0.15, 0.2) is 42.5 Å². The molecule has 0 saturated carbocycles. The third-order valence-electron chi connectivity index (χ3n) is 7.31. The molecule has 0 radical (unpaired) electrons. The van der Waals surface area contributed by atoms with Crippen molar-refractivity contribution in [3.8, 4) is 0 Å². The first kappa shape index (κ1) is 26.2. The van der Waals surface area contributed by atoms with Crippen LogP contribution in [-0.2, 0) is 22.6 Å². The Hall–Kier alpha value is -2.90. The van der Waals surface area contributed by atoms with E-state index in [0.29, 0.717) is 18.5 Å². The van der Waals surface area contributed by atoms with Crippen LogP contribution >= 0.6 is 11.6 Å². The number of hydrogen-bond donors (Lipinski definition) is 1. The summed E-state index contributed by atoms with van der Waals surface area (Å²) in [6.07, 6.45) is 4.44. The number of hydrogen-bond acceptors (Lipinski definition) is 5. The third-order valence-corrected chi connectivity index (χ3v) is 7.56. The van der Waals surface area contributed by atoms with Crippen molar-refractivity contribution in [1.82, 2.24) is 15.1 Å². The van der Waals surface area contributed by atoms with E-state index in [1.54, 1.807) is 11.9 Å². The first-order valence-electron chi connectivity index (χ1n) is 12.8. The van der Waals surface area contributed by atoms with Gasteiger partial charge in [0.05, 0.1) is 0 Å². The molecule has 8 heteroatoms. The van der Waals surface area contributed by atoms with Gasteiger partial charge in [0.2, 0.25) is 5.91 Å². The highest BCUT2D eigenvalue weighted by atomic mass is 35.5. The molecule has 1 fully saturated rings. The van der Waals surface area contributed by atoms with Crippen LogP contribution in [0.4, 0.5) is 5.69 Å². The van der Waals surface area contributed by atoms with E-state index in [-0.39, 0.29) is 18.2 Å². The maximum absolute atomic E-state index is 13.1. The number of likely N-dealkylation sites (N-methyl/N-ethyl adjacent to an activating group) is 1. The summed E-state index contributed by atoms with van der Waals surface area (Å²) >= 11 is 6.01. The maximum atomic E-state index is 13.1. The number of carbonyl (C=O) groups is 3. The normalized spacial score (nSPS) is 16.7. The minimum absolute atomic E-state index is 0.120. The zero-order chi connectivity index (χ0) is 25.5. The van der Waals surface area contributed by atoms with Crippen LogP contribution in [0.2, 0.25) is 5.02 Å². The van der Waals surface area contributed by atoms with Gasteiger partial charge in [-0.15, -0.1) is 0 Å². The molecule has 192 valence electrons. The van der Waals surface area contributed by atoms with Crippen molar-refractivity contribution in [3.05, 3.63) is 64.2 Å². The average Bonchev–Trinajstić information content (AvgIpc) is 3.24. The van der Waals surface area contributed by atoms with Crippen molar-refractivity contribution in [2.75, 3.05) is 44.7 Å². The molecule has 1 N–H and O–H groups in total. The third kappa shape index (κ3) is 6.08. The smallest absolute Gasteiger partial charge is 0.255 e. The lowest BCUT2D eigenvalue weighted by Crippen LogP contribution is -2.46. The Bertz CT molecular complexity index is 1070. The summed E-state index contributed by atoms with van der Waals surface area (Å²) < 4.78 is 0. The summed E-state index contributed by atoms with van der Waals surface area (Å²) in [6, 6.07) is 13.3. The SMILES string of the molecule is CNC(=O)C(CCC=O)N1Cc2c(CCCCN3CCN(c4ccc(Cl)cc4)CC3)cccc2C1=O. The number of benzene rings is 2. The lowest BCUT2D eigenvalue weighted by molar-refractivity contribution is -0.125. The van der Waals surface area contributed by atoms with Gasteiger partial charge in [-0.2, -0.15) is 0 Å². The van der Waals surface area contributed by atoms with E-state index in [4.69, 9.17) is 11.6 Å². The molecule has 1 saturated heterocycles. The molecule has 2 aliphatic heterocycles. The van der Waals surface area contributed by atoms with Crippen molar-refractivity contribution >= 4 is 35.4 Å². The number of anilines is 1. The number of fused-ring (bicyclic) bond motifs is 1. The predicted molar refractivity (Wildman–Crippen MR) is 143 cm³/mol. The maximum Gasteiger partial charge on any atom is 0.255 e. The molecule has 0 spiro atoms. The number of nitrogens with zero attached hydrogens (tertiary/aromatic N) is 3. The Kier molecular flexibility index (Phi) is 8.99. The molecule has 2 heterocycles. The Balaban J connectivity index is 1.27. The van der Waals surface area contributed by atoms with Gasteiger partial charge in [0.25, 0.3) is 5.91 Å². The fourth-order valence-electron chi connectivity index (χ4n) is 5.26. The topological polar surface area (TPSA) is 73.0 Å². The van der Waals surface area contributed by atoms with Gasteiger partial charge in [-0.05, 0) is 73.7 Å². The lowest BCUT2D eigenvalue weighted by Gasteiger charge is -2.36. The minimum atomic E-state index is -0.625. The van der Waals surface area contributed by atoms with Gasteiger partial charge in [0.15, 0.2) is 0 Å². The predicted octanol–water partition coefficient (Wildman–Crippen LogP) is 3.53. The Labute approximate surface area is 218 Å². The number of aryl methyl sites for hydroxylation is 1. The first-order valence-corrected chi connectivity index (χ1v) is 13.2. The molecular weight excluding hydrogens is 476 g/mol. The lowest BCUT2D eigenvalue weighted by atomic mass is 9.98. The van der Waals surface area contributed by atoms with E-state index >= 15 is 0 Å². The number of carbonyl (C=O) groups excluding carboxylic acids is 3. The molecule has 1 unspecified atom stereocenters. The van der Waals surface area contributed by atoms with Crippen LogP contribution < -0.4 is 10.2 Å². The number of unbranched alkanes of at least 4 members (excludes halogenated alkanes) is 1. The van der Waals surface area contributed by atoms with Crippen molar-refractivity contribution in [1.29, 1.82) is 0 Å². The van der Waals surface area contributed by atoms with Crippen LogP contribution in [-0.4, -0.2) is 73.7 Å². The van der Waals surface area contributed by atoms with Crippen molar-refractivity contribution < 1.29 is 14.4 Å².